The van der Waals surface area contributed by atoms with Crippen LogP contribution in [0.3, 0.4) is 0 Å². The minimum absolute atomic E-state index is 0.545. The molecule has 8 rings (SSSR count). The maximum absolute atomic E-state index is 10.8. The first-order valence-electron chi connectivity index (χ1n) is 16.3. The van der Waals surface area contributed by atoms with Gasteiger partial charge in [0.05, 0.1) is 46.6 Å². The van der Waals surface area contributed by atoms with Crippen molar-refractivity contribution in [1.29, 1.82) is 10.5 Å². The van der Waals surface area contributed by atoms with Gasteiger partial charge in [-0.2, -0.15) is 10.5 Å². The maximum atomic E-state index is 10.8. The Labute approximate surface area is 291 Å². The van der Waals surface area contributed by atoms with Gasteiger partial charge in [0.15, 0.2) is 13.8 Å². The van der Waals surface area contributed by atoms with E-state index in [1.807, 2.05) is 78.9 Å². The summed E-state index contributed by atoms with van der Waals surface area (Å²) in [6, 6.07) is 62.6. The van der Waals surface area contributed by atoms with E-state index in [4.69, 9.17) is 6.57 Å². The minimum atomic E-state index is -3.06. The van der Waals surface area contributed by atoms with Crippen LogP contribution < -0.4 is 20.7 Å². The molecule has 0 N–H and O–H groups in total. The Hall–Kier alpha value is -6.97. The summed E-state index contributed by atoms with van der Waals surface area (Å²) in [6.07, 6.45) is 0. The number of nitrogens with zero attached hydrogens (tertiary/aromatic N) is 4. The zero-order chi connectivity index (χ0) is 34.1. The van der Waals surface area contributed by atoms with E-state index in [2.05, 4.69) is 113 Å². The van der Waals surface area contributed by atoms with Crippen molar-refractivity contribution < 1.29 is 0 Å². The van der Waals surface area contributed by atoms with Crippen LogP contribution in [0.15, 0.2) is 170 Å². The molecule has 0 atom stereocenters. The van der Waals surface area contributed by atoms with Crippen LogP contribution in [-0.2, 0) is 0 Å². The van der Waals surface area contributed by atoms with Crippen molar-refractivity contribution in [2.75, 3.05) is 0 Å². The standard InChI is InChI=1S/C45H28N4Si/c1-48-35-24-26-44-41(29-35)39-19-11-12-20-42(39)49(44)43-25-21-32(30-46)27-40(43)33-22-23-34(31-47)45(28-33)50(36-13-5-2-6-14-36,37-15-7-3-8-16-37)38-17-9-4-10-18-38/h2-29H. The van der Waals surface area contributed by atoms with E-state index in [1.54, 1.807) is 0 Å². The highest BCUT2D eigenvalue weighted by Crippen LogP contribution is 2.38. The van der Waals surface area contributed by atoms with E-state index in [0.29, 0.717) is 16.8 Å². The Bertz CT molecular complexity index is 2580. The lowest BCUT2D eigenvalue weighted by Gasteiger charge is -2.35. The summed E-state index contributed by atoms with van der Waals surface area (Å²) in [7, 11) is -3.06. The van der Waals surface area contributed by atoms with E-state index < -0.39 is 8.07 Å². The van der Waals surface area contributed by atoms with Gasteiger partial charge in [-0.3, -0.25) is 0 Å². The molecular weight excluding hydrogens is 625 g/mol. The fourth-order valence-electron chi connectivity index (χ4n) is 7.47. The molecule has 0 aliphatic carbocycles. The predicted octanol–water partition coefficient (Wildman–Crippen LogP) is 8.12. The van der Waals surface area contributed by atoms with Crippen LogP contribution >= 0.6 is 0 Å². The van der Waals surface area contributed by atoms with E-state index in [1.165, 1.54) is 15.6 Å². The lowest BCUT2D eigenvalue weighted by Crippen LogP contribution is -2.75. The van der Waals surface area contributed by atoms with Crippen LogP contribution in [0.1, 0.15) is 11.1 Å². The first-order valence-corrected chi connectivity index (χ1v) is 18.3. The van der Waals surface area contributed by atoms with Gasteiger partial charge in [-0.1, -0.05) is 127 Å². The van der Waals surface area contributed by atoms with E-state index in [0.717, 1.165) is 43.8 Å². The monoisotopic (exact) mass is 652 g/mol. The summed E-state index contributed by atoms with van der Waals surface area (Å²) in [4.78, 5) is 3.70. The lowest BCUT2D eigenvalue weighted by atomic mass is 9.99. The van der Waals surface area contributed by atoms with Crippen LogP contribution in [0.25, 0.3) is 43.5 Å². The molecule has 0 bridgehead atoms. The molecule has 232 valence electrons. The number of fused-ring (bicyclic) bond motifs is 3. The summed E-state index contributed by atoms with van der Waals surface area (Å²) in [5.74, 6) is 0. The van der Waals surface area contributed by atoms with Gasteiger partial charge >= 0.3 is 0 Å². The lowest BCUT2D eigenvalue weighted by molar-refractivity contribution is 1.18. The Morgan fingerprint density at radius 3 is 1.74 bits per heavy atom. The molecule has 0 unspecified atom stereocenters. The Morgan fingerprint density at radius 2 is 1.14 bits per heavy atom. The topological polar surface area (TPSA) is 56.9 Å². The van der Waals surface area contributed by atoms with Gasteiger partial charge in [0, 0.05) is 10.9 Å². The Balaban J connectivity index is 1.48. The van der Waals surface area contributed by atoms with Gasteiger partial charge in [0.1, 0.15) is 0 Å². The largest absolute Gasteiger partial charge is 0.309 e. The second-order valence-electron chi connectivity index (χ2n) is 12.2. The third-order valence-electron chi connectivity index (χ3n) is 9.63. The van der Waals surface area contributed by atoms with Crippen molar-refractivity contribution in [1.82, 2.24) is 4.57 Å². The molecule has 1 aromatic heterocycles. The summed E-state index contributed by atoms with van der Waals surface area (Å²) >= 11 is 0. The third kappa shape index (κ3) is 4.80. The third-order valence-corrected chi connectivity index (χ3v) is 14.4. The highest BCUT2D eigenvalue weighted by Gasteiger charge is 2.43. The van der Waals surface area contributed by atoms with Gasteiger partial charge in [-0.05, 0) is 74.2 Å². The highest BCUT2D eigenvalue weighted by molar-refractivity contribution is 7.20. The van der Waals surface area contributed by atoms with Gasteiger partial charge in [-0.15, -0.1) is 0 Å². The smallest absolute Gasteiger partial charge is 0.188 e. The number of benzene rings is 7. The van der Waals surface area contributed by atoms with Crippen LogP contribution in [0.5, 0.6) is 0 Å². The van der Waals surface area contributed by atoms with Crippen LogP contribution in [0.4, 0.5) is 5.69 Å². The quantitative estimate of drug-likeness (QED) is 0.104. The highest BCUT2D eigenvalue weighted by atomic mass is 28.3. The first kappa shape index (κ1) is 30.4. The van der Waals surface area contributed by atoms with Gasteiger partial charge < -0.3 is 4.57 Å². The van der Waals surface area contributed by atoms with Crippen LogP contribution in [-0.4, -0.2) is 12.6 Å². The van der Waals surface area contributed by atoms with Crippen molar-refractivity contribution in [3.8, 4) is 29.0 Å². The Kier molecular flexibility index (Phi) is 7.63. The van der Waals surface area contributed by atoms with E-state index >= 15 is 0 Å². The Morgan fingerprint density at radius 1 is 0.540 bits per heavy atom. The van der Waals surface area contributed by atoms with Gasteiger partial charge in [0.2, 0.25) is 0 Å². The molecule has 0 radical (unpaired) electrons. The van der Waals surface area contributed by atoms with Gasteiger partial charge in [0.25, 0.3) is 0 Å². The fourth-order valence-corrected chi connectivity index (χ4v) is 12.4. The normalized spacial score (nSPS) is 11.1. The van der Waals surface area contributed by atoms with Crippen LogP contribution in [0.2, 0.25) is 0 Å². The molecule has 0 fully saturated rings. The molecule has 0 spiro atoms. The zero-order valence-electron chi connectivity index (χ0n) is 27.0. The molecule has 7 aromatic carbocycles. The average molecular weight is 653 g/mol. The van der Waals surface area contributed by atoms with E-state index in [9.17, 15) is 10.5 Å². The molecule has 5 heteroatoms. The predicted molar refractivity (Wildman–Crippen MR) is 206 cm³/mol. The second kappa shape index (κ2) is 12.6. The first-order chi connectivity index (χ1) is 24.7. The summed E-state index contributed by atoms with van der Waals surface area (Å²) in [6.45, 7) is 7.65. The van der Waals surface area contributed by atoms with Crippen molar-refractivity contribution in [3.05, 3.63) is 192 Å². The molecule has 1 heterocycles. The molecule has 4 nitrogen and oxygen atoms in total. The molecule has 0 aliphatic rings. The maximum Gasteiger partial charge on any atom is 0.188 e. The van der Waals surface area contributed by atoms with E-state index in [-0.39, 0.29) is 0 Å². The number of rotatable bonds is 6. The van der Waals surface area contributed by atoms with Crippen molar-refractivity contribution >= 4 is 56.3 Å². The number of hydrogen-bond acceptors (Lipinski definition) is 2. The molecule has 0 amide bonds. The van der Waals surface area contributed by atoms with Crippen molar-refractivity contribution in [2.45, 2.75) is 0 Å². The number of para-hydroxylation sites is 1. The minimum Gasteiger partial charge on any atom is -0.309 e. The molecule has 50 heavy (non-hydrogen) atoms. The number of aromatic nitrogens is 1. The molecule has 0 aliphatic heterocycles. The molecule has 8 aromatic rings. The molecule has 0 saturated heterocycles. The van der Waals surface area contributed by atoms with Crippen LogP contribution in [0, 0.1) is 29.2 Å². The molecular formula is C45H28N4Si. The van der Waals surface area contributed by atoms with Crippen molar-refractivity contribution in [2.24, 2.45) is 0 Å². The van der Waals surface area contributed by atoms with Crippen molar-refractivity contribution in [3.63, 3.8) is 0 Å². The number of hydrogen-bond donors (Lipinski definition) is 0. The van der Waals surface area contributed by atoms with Gasteiger partial charge in [-0.25, -0.2) is 4.85 Å². The summed E-state index contributed by atoms with van der Waals surface area (Å²) in [5.41, 5.74) is 6.43. The molecule has 0 saturated carbocycles. The summed E-state index contributed by atoms with van der Waals surface area (Å²) < 4.78 is 2.23. The second-order valence-corrected chi connectivity index (χ2v) is 16.0. The zero-order valence-corrected chi connectivity index (χ0v) is 28.0. The fraction of sp³-hybridized carbons (Fsp3) is 0. The average Bonchev–Trinajstić information content (AvgIpc) is 3.52. The SMILES string of the molecule is [C-]#[N+]c1ccc2c(c1)c1ccccc1n2-c1ccc(C#N)cc1-c1ccc(C#N)c([Si](c2ccccc2)(c2ccccc2)c2ccccc2)c1. The number of nitriles is 2. The summed E-state index contributed by atoms with van der Waals surface area (Å²) in [5, 5.41) is 27.4.